The van der Waals surface area contributed by atoms with Crippen LogP contribution < -0.4 is 0 Å². The number of aromatic nitrogens is 1. The van der Waals surface area contributed by atoms with Crippen molar-refractivity contribution < 1.29 is 19.5 Å². The molecule has 3 aliphatic rings. The lowest BCUT2D eigenvalue weighted by molar-refractivity contribution is 0.0624. The number of hydrogen-bond donors (Lipinski definition) is 1. The molecule has 1 aromatic heterocycles. The molecule has 1 unspecified atom stereocenters. The lowest BCUT2D eigenvalue weighted by Gasteiger charge is -2.27. The van der Waals surface area contributed by atoms with Gasteiger partial charge < -0.3 is 10.0 Å². The number of rotatable bonds is 3. The largest absolute Gasteiger partial charge is 0.465 e. The van der Waals surface area contributed by atoms with Gasteiger partial charge in [-0.05, 0) is 30.9 Å². The Kier molecular flexibility index (Phi) is 3.28. The van der Waals surface area contributed by atoms with Crippen LogP contribution in [0.15, 0.2) is 29.6 Å². The molecular formula is C19H17N3O4S. The number of imide groups is 1. The fourth-order valence-electron chi connectivity index (χ4n) is 4.72. The van der Waals surface area contributed by atoms with Crippen molar-refractivity contribution in [3.8, 4) is 0 Å². The Morgan fingerprint density at radius 2 is 1.81 bits per heavy atom. The summed E-state index contributed by atoms with van der Waals surface area (Å²) < 4.78 is 0. The second kappa shape index (κ2) is 5.39. The summed E-state index contributed by atoms with van der Waals surface area (Å²) in [6, 6.07) is 6.86. The molecule has 8 heteroatoms. The number of thiazole rings is 1. The summed E-state index contributed by atoms with van der Waals surface area (Å²) in [4.78, 5) is 44.3. The van der Waals surface area contributed by atoms with E-state index < -0.39 is 11.5 Å². The van der Waals surface area contributed by atoms with Gasteiger partial charge in [0.2, 0.25) is 0 Å². The van der Waals surface area contributed by atoms with E-state index in [9.17, 15) is 19.5 Å². The van der Waals surface area contributed by atoms with E-state index in [0.29, 0.717) is 24.2 Å². The SMILES string of the molecule is Cc1csc(C2(CN3C(=O)c4ccccc4C3=O)[C@@H]3CN(C(=O)O)C[C@@H]32)n1. The highest BCUT2D eigenvalue weighted by molar-refractivity contribution is 7.09. The molecule has 2 aromatic rings. The summed E-state index contributed by atoms with van der Waals surface area (Å²) in [7, 11) is 0. The first-order chi connectivity index (χ1) is 12.9. The fourth-order valence-corrected chi connectivity index (χ4v) is 5.84. The molecule has 1 aliphatic carbocycles. The molecule has 138 valence electrons. The second-order valence-corrected chi connectivity index (χ2v) is 8.34. The molecule has 3 heterocycles. The molecular weight excluding hydrogens is 366 g/mol. The number of aryl methyl sites for hydroxylation is 1. The van der Waals surface area contributed by atoms with Gasteiger partial charge in [0.15, 0.2) is 0 Å². The predicted octanol–water partition coefficient (Wildman–Crippen LogP) is 2.23. The van der Waals surface area contributed by atoms with Crippen LogP contribution in [0, 0.1) is 18.8 Å². The van der Waals surface area contributed by atoms with Crippen molar-refractivity contribution >= 4 is 29.2 Å². The third-order valence-corrected chi connectivity index (χ3v) is 7.27. The zero-order valence-electron chi connectivity index (χ0n) is 14.6. The molecule has 5 rings (SSSR count). The van der Waals surface area contributed by atoms with E-state index in [4.69, 9.17) is 0 Å². The highest BCUT2D eigenvalue weighted by atomic mass is 32.1. The number of hydrogen-bond acceptors (Lipinski definition) is 5. The van der Waals surface area contributed by atoms with Gasteiger partial charge in [0.1, 0.15) is 5.01 Å². The second-order valence-electron chi connectivity index (χ2n) is 7.48. The van der Waals surface area contributed by atoms with Crippen LogP contribution in [-0.4, -0.2) is 57.4 Å². The monoisotopic (exact) mass is 383 g/mol. The Hall–Kier alpha value is -2.74. The minimum absolute atomic E-state index is 0.0865. The topological polar surface area (TPSA) is 90.8 Å². The Morgan fingerprint density at radius 3 is 2.30 bits per heavy atom. The lowest BCUT2D eigenvalue weighted by atomic mass is 9.99. The van der Waals surface area contributed by atoms with Crippen LogP contribution in [0.1, 0.15) is 31.4 Å². The van der Waals surface area contributed by atoms with Gasteiger partial charge >= 0.3 is 6.09 Å². The van der Waals surface area contributed by atoms with E-state index in [-0.39, 0.29) is 30.2 Å². The van der Waals surface area contributed by atoms with Crippen LogP contribution in [-0.2, 0) is 5.41 Å². The van der Waals surface area contributed by atoms with E-state index >= 15 is 0 Å². The van der Waals surface area contributed by atoms with Crippen LogP contribution in [0.2, 0.25) is 0 Å². The van der Waals surface area contributed by atoms with Gasteiger partial charge in [-0.2, -0.15) is 0 Å². The quantitative estimate of drug-likeness (QED) is 0.821. The molecule has 1 N–H and O–H groups in total. The number of nitrogens with zero attached hydrogens (tertiary/aromatic N) is 3. The standard InChI is InChI=1S/C19H17N3O4S/c1-10-8-27-17(20-10)19(13-6-21(18(25)26)7-14(13)19)9-22-15(23)11-4-2-3-5-12(11)16(22)24/h2-5,8,13-14H,6-7,9H2,1H3,(H,25,26)/t13-,14+,19?. The van der Waals surface area contributed by atoms with Crippen molar-refractivity contribution in [1.82, 2.24) is 14.8 Å². The number of carbonyl (C=O) groups excluding carboxylic acids is 2. The van der Waals surface area contributed by atoms with E-state index in [2.05, 4.69) is 4.98 Å². The van der Waals surface area contributed by atoms with Gasteiger partial charge in [-0.3, -0.25) is 14.5 Å². The van der Waals surface area contributed by atoms with Crippen LogP contribution in [0.4, 0.5) is 4.79 Å². The van der Waals surface area contributed by atoms with Crippen molar-refractivity contribution in [3.05, 3.63) is 51.5 Å². The molecule has 7 nitrogen and oxygen atoms in total. The van der Waals surface area contributed by atoms with Gasteiger partial charge in [-0.15, -0.1) is 11.3 Å². The van der Waals surface area contributed by atoms with E-state index in [1.165, 1.54) is 21.1 Å². The normalized spacial score (nSPS) is 28.5. The lowest BCUT2D eigenvalue weighted by Crippen LogP contribution is -2.42. The van der Waals surface area contributed by atoms with Crippen molar-refractivity contribution in [2.45, 2.75) is 12.3 Å². The van der Waals surface area contributed by atoms with Gasteiger partial charge in [-0.1, -0.05) is 12.1 Å². The number of amides is 3. The Labute approximate surface area is 159 Å². The number of piperidine rings is 1. The fraction of sp³-hybridized carbons (Fsp3) is 0.368. The van der Waals surface area contributed by atoms with E-state index in [1.54, 1.807) is 24.3 Å². The minimum Gasteiger partial charge on any atom is -0.465 e. The maximum Gasteiger partial charge on any atom is 0.407 e. The number of benzene rings is 1. The number of likely N-dealkylation sites (tertiary alicyclic amines) is 1. The highest BCUT2D eigenvalue weighted by Gasteiger charge is 2.72. The van der Waals surface area contributed by atoms with Crippen LogP contribution in [0.5, 0.6) is 0 Å². The summed E-state index contributed by atoms with van der Waals surface area (Å²) in [5, 5.41) is 12.1. The highest BCUT2D eigenvalue weighted by Crippen LogP contribution is 2.64. The maximum atomic E-state index is 12.8. The summed E-state index contributed by atoms with van der Waals surface area (Å²) in [6.45, 7) is 3.01. The first kappa shape index (κ1) is 16.4. The van der Waals surface area contributed by atoms with Crippen molar-refractivity contribution in [2.24, 2.45) is 11.8 Å². The molecule has 0 spiro atoms. The molecule has 1 saturated heterocycles. The molecule has 2 fully saturated rings. The molecule has 0 bridgehead atoms. The molecule has 3 atom stereocenters. The van der Waals surface area contributed by atoms with E-state index in [0.717, 1.165) is 10.7 Å². The van der Waals surface area contributed by atoms with Gasteiger partial charge in [0.05, 0.1) is 16.5 Å². The predicted molar refractivity (Wildman–Crippen MR) is 96.9 cm³/mol. The molecule has 1 aromatic carbocycles. The Balaban J connectivity index is 1.49. The molecule has 0 radical (unpaired) electrons. The smallest absolute Gasteiger partial charge is 0.407 e. The maximum absolute atomic E-state index is 12.8. The molecule has 27 heavy (non-hydrogen) atoms. The third-order valence-electron chi connectivity index (χ3n) is 6.12. The first-order valence-electron chi connectivity index (χ1n) is 8.79. The van der Waals surface area contributed by atoms with Crippen molar-refractivity contribution in [2.75, 3.05) is 19.6 Å². The summed E-state index contributed by atoms with van der Waals surface area (Å²) in [6.07, 6.45) is -0.924. The minimum atomic E-state index is -0.924. The average Bonchev–Trinajstić information content (AvgIpc) is 3.07. The van der Waals surface area contributed by atoms with E-state index in [1.807, 2.05) is 12.3 Å². The molecule has 3 amide bonds. The molecule has 2 aliphatic heterocycles. The van der Waals surface area contributed by atoms with Crippen LogP contribution in [0.25, 0.3) is 0 Å². The summed E-state index contributed by atoms with van der Waals surface area (Å²) in [5.41, 5.74) is 1.34. The zero-order valence-corrected chi connectivity index (χ0v) is 15.4. The van der Waals surface area contributed by atoms with Crippen LogP contribution in [0.3, 0.4) is 0 Å². The molecule has 1 saturated carbocycles. The van der Waals surface area contributed by atoms with Crippen LogP contribution >= 0.6 is 11.3 Å². The number of carbonyl (C=O) groups is 3. The zero-order chi connectivity index (χ0) is 18.9. The van der Waals surface area contributed by atoms with Gasteiger partial charge in [0.25, 0.3) is 11.8 Å². The Morgan fingerprint density at radius 1 is 1.22 bits per heavy atom. The summed E-state index contributed by atoms with van der Waals surface area (Å²) >= 11 is 1.53. The number of carboxylic acid groups (broad SMARTS) is 1. The Bertz CT molecular complexity index is 953. The van der Waals surface area contributed by atoms with Crippen molar-refractivity contribution in [1.29, 1.82) is 0 Å². The average molecular weight is 383 g/mol. The van der Waals surface area contributed by atoms with Gasteiger partial charge in [-0.25, -0.2) is 9.78 Å². The number of fused-ring (bicyclic) bond motifs is 2. The first-order valence-corrected chi connectivity index (χ1v) is 9.67. The third kappa shape index (κ3) is 2.13. The van der Waals surface area contributed by atoms with Gasteiger partial charge in [0, 0.05) is 30.7 Å². The van der Waals surface area contributed by atoms with Crippen molar-refractivity contribution in [3.63, 3.8) is 0 Å². The summed E-state index contributed by atoms with van der Waals surface area (Å²) in [5.74, 6) is -0.376.